The van der Waals surface area contributed by atoms with Gasteiger partial charge in [0.25, 0.3) is 0 Å². The largest absolute Gasteiger partial charge is 0.338 e. The third-order valence-electron chi connectivity index (χ3n) is 3.84. The third kappa shape index (κ3) is 5.16. The lowest BCUT2D eigenvalue weighted by Gasteiger charge is -2.14. The molecule has 2 N–H and O–H groups in total. The number of benzene rings is 1. The molecule has 0 fully saturated rings. The van der Waals surface area contributed by atoms with Gasteiger partial charge in [-0.25, -0.2) is 4.79 Å². The summed E-state index contributed by atoms with van der Waals surface area (Å²) in [7, 11) is -0.885. The summed E-state index contributed by atoms with van der Waals surface area (Å²) in [5.41, 5.74) is 2.90. The summed E-state index contributed by atoms with van der Waals surface area (Å²) in [6.07, 6.45) is 4.87. The van der Waals surface area contributed by atoms with Crippen molar-refractivity contribution >= 4 is 16.8 Å². The smallest absolute Gasteiger partial charge is 0.315 e. The maximum Gasteiger partial charge on any atom is 0.315 e. The Morgan fingerprint density at radius 1 is 1.33 bits per heavy atom. The van der Waals surface area contributed by atoms with E-state index in [0.29, 0.717) is 18.2 Å². The number of rotatable bonds is 6. The molecule has 116 valence electrons. The van der Waals surface area contributed by atoms with Crippen molar-refractivity contribution in [3.8, 4) is 0 Å². The van der Waals surface area contributed by atoms with E-state index in [9.17, 15) is 9.00 Å². The third-order valence-corrected chi connectivity index (χ3v) is 4.81. The van der Waals surface area contributed by atoms with Gasteiger partial charge in [-0.05, 0) is 43.2 Å². The van der Waals surface area contributed by atoms with Crippen LogP contribution in [0, 0.1) is 5.92 Å². The van der Waals surface area contributed by atoms with Gasteiger partial charge in [0, 0.05) is 35.4 Å². The summed E-state index contributed by atoms with van der Waals surface area (Å²) < 4.78 is 11.1. The van der Waals surface area contributed by atoms with E-state index in [1.165, 1.54) is 11.1 Å². The number of hydrogen-bond donors (Lipinski definition) is 2. The van der Waals surface area contributed by atoms with Crippen LogP contribution in [0.25, 0.3) is 0 Å². The highest BCUT2D eigenvalue weighted by atomic mass is 32.2. The highest BCUT2D eigenvalue weighted by Gasteiger charge is 2.20. The van der Waals surface area contributed by atoms with E-state index >= 15 is 0 Å². The second-order valence-electron chi connectivity index (χ2n) is 5.87. The molecule has 0 saturated heterocycles. The van der Waals surface area contributed by atoms with E-state index in [1.54, 1.807) is 6.26 Å². The van der Waals surface area contributed by atoms with Crippen LogP contribution in [-0.2, 0) is 23.6 Å². The predicted molar refractivity (Wildman–Crippen MR) is 86.9 cm³/mol. The number of carbonyl (C=O) groups is 1. The fourth-order valence-electron chi connectivity index (χ4n) is 2.91. The number of hydrogen-bond acceptors (Lipinski definition) is 2. The van der Waals surface area contributed by atoms with Gasteiger partial charge in [-0.3, -0.25) is 4.21 Å². The van der Waals surface area contributed by atoms with Crippen molar-refractivity contribution < 1.29 is 9.00 Å². The molecule has 1 aromatic rings. The lowest BCUT2D eigenvalue weighted by atomic mass is 10.0. The van der Waals surface area contributed by atoms with Gasteiger partial charge < -0.3 is 10.6 Å². The Labute approximate surface area is 129 Å². The summed E-state index contributed by atoms with van der Waals surface area (Å²) in [5, 5.41) is 5.70. The quantitative estimate of drug-likeness (QED) is 0.843. The fraction of sp³-hybridized carbons (Fsp3) is 0.562. The SMILES string of the molecule is C[C@@H](C[S@@](C)=O)NC(=O)NCCC1Cc2ccccc2C1. The van der Waals surface area contributed by atoms with Crippen LogP contribution in [0.5, 0.6) is 0 Å². The molecular weight excluding hydrogens is 284 g/mol. The summed E-state index contributed by atoms with van der Waals surface area (Å²) >= 11 is 0. The van der Waals surface area contributed by atoms with E-state index in [1.807, 2.05) is 6.92 Å². The van der Waals surface area contributed by atoms with Gasteiger partial charge in [-0.15, -0.1) is 0 Å². The minimum atomic E-state index is -0.885. The van der Waals surface area contributed by atoms with Crippen molar-refractivity contribution in [2.24, 2.45) is 5.92 Å². The van der Waals surface area contributed by atoms with Gasteiger partial charge in [-0.2, -0.15) is 0 Å². The average Bonchev–Trinajstić information content (AvgIpc) is 2.79. The Bertz CT molecular complexity index is 494. The van der Waals surface area contributed by atoms with Crippen LogP contribution in [0.3, 0.4) is 0 Å². The number of fused-ring (bicyclic) bond motifs is 1. The van der Waals surface area contributed by atoms with E-state index in [4.69, 9.17) is 0 Å². The van der Waals surface area contributed by atoms with Crippen LogP contribution in [0.4, 0.5) is 4.79 Å². The molecule has 1 aliphatic carbocycles. The molecule has 0 radical (unpaired) electrons. The van der Waals surface area contributed by atoms with Crippen LogP contribution in [0.1, 0.15) is 24.5 Å². The summed E-state index contributed by atoms with van der Waals surface area (Å²) in [6.45, 7) is 2.56. The summed E-state index contributed by atoms with van der Waals surface area (Å²) in [5.74, 6) is 1.12. The molecule has 4 nitrogen and oxygen atoms in total. The van der Waals surface area contributed by atoms with Crippen molar-refractivity contribution in [2.45, 2.75) is 32.2 Å². The van der Waals surface area contributed by atoms with E-state index in [-0.39, 0.29) is 12.1 Å². The molecule has 0 saturated carbocycles. The number of carbonyl (C=O) groups excluding carboxylic acids is 1. The zero-order valence-electron chi connectivity index (χ0n) is 12.7. The molecule has 0 unspecified atom stereocenters. The molecule has 0 aromatic heterocycles. The standard InChI is InChI=1S/C16H24N2O2S/c1-12(11-21(2)20)18-16(19)17-8-7-13-9-14-5-3-4-6-15(14)10-13/h3-6,12-13H,7-11H2,1-2H3,(H2,17,18,19)/t12-,21+/m0/s1. The van der Waals surface area contributed by atoms with Gasteiger partial charge in [-0.1, -0.05) is 24.3 Å². The molecule has 2 amide bonds. The van der Waals surface area contributed by atoms with Crippen LogP contribution >= 0.6 is 0 Å². The lowest BCUT2D eigenvalue weighted by Crippen LogP contribution is -2.43. The van der Waals surface area contributed by atoms with Crippen molar-refractivity contribution in [1.29, 1.82) is 0 Å². The first-order valence-electron chi connectivity index (χ1n) is 7.45. The first-order chi connectivity index (χ1) is 10.0. The second-order valence-corrected chi connectivity index (χ2v) is 7.35. The molecule has 2 atom stereocenters. The minimum Gasteiger partial charge on any atom is -0.338 e. The van der Waals surface area contributed by atoms with Gasteiger partial charge in [0.1, 0.15) is 0 Å². The lowest BCUT2D eigenvalue weighted by molar-refractivity contribution is 0.238. The monoisotopic (exact) mass is 308 g/mol. The molecule has 21 heavy (non-hydrogen) atoms. The summed E-state index contributed by atoms with van der Waals surface area (Å²) in [4.78, 5) is 11.7. The van der Waals surface area contributed by atoms with Gasteiger partial charge in [0.2, 0.25) is 0 Å². The van der Waals surface area contributed by atoms with E-state index in [0.717, 1.165) is 19.3 Å². The van der Waals surface area contributed by atoms with Crippen LogP contribution in [0.2, 0.25) is 0 Å². The van der Waals surface area contributed by atoms with Crippen molar-refractivity contribution in [3.05, 3.63) is 35.4 Å². The molecule has 1 aromatic carbocycles. The predicted octanol–water partition coefficient (Wildman–Crippen LogP) is 1.86. The first kappa shape index (κ1) is 16.0. The van der Waals surface area contributed by atoms with Gasteiger partial charge in [0.05, 0.1) is 0 Å². The highest BCUT2D eigenvalue weighted by Crippen LogP contribution is 2.28. The zero-order chi connectivity index (χ0) is 15.2. The Kier molecular flexibility index (Phi) is 5.79. The Balaban J connectivity index is 1.64. The fourth-order valence-corrected chi connectivity index (χ4v) is 3.70. The zero-order valence-corrected chi connectivity index (χ0v) is 13.5. The maximum atomic E-state index is 11.7. The number of nitrogens with one attached hydrogen (secondary N) is 2. The number of amides is 2. The van der Waals surface area contributed by atoms with Crippen LogP contribution in [-0.4, -0.2) is 34.8 Å². The van der Waals surface area contributed by atoms with Crippen molar-refractivity contribution in [2.75, 3.05) is 18.6 Å². The topological polar surface area (TPSA) is 58.2 Å². The minimum absolute atomic E-state index is 0.0634. The molecule has 1 aliphatic rings. The van der Waals surface area contributed by atoms with Crippen LogP contribution in [0.15, 0.2) is 24.3 Å². The Morgan fingerprint density at radius 3 is 2.52 bits per heavy atom. The Hall–Kier alpha value is -1.36. The average molecular weight is 308 g/mol. The molecule has 0 bridgehead atoms. The normalized spacial score (nSPS) is 17.0. The maximum absolute atomic E-state index is 11.7. The number of urea groups is 1. The molecule has 2 rings (SSSR count). The highest BCUT2D eigenvalue weighted by molar-refractivity contribution is 7.84. The molecule has 0 spiro atoms. The molecule has 0 aliphatic heterocycles. The van der Waals surface area contributed by atoms with E-state index in [2.05, 4.69) is 34.9 Å². The van der Waals surface area contributed by atoms with Crippen molar-refractivity contribution in [3.63, 3.8) is 0 Å². The molecular formula is C16H24N2O2S. The molecule has 5 heteroatoms. The first-order valence-corrected chi connectivity index (χ1v) is 9.18. The van der Waals surface area contributed by atoms with Gasteiger partial charge in [0.15, 0.2) is 0 Å². The Morgan fingerprint density at radius 2 is 1.95 bits per heavy atom. The summed E-state index contributed by atoms with van der Waals surface area (Å²) in [6, 6.07) is 8.34. The van der Waals surface area contributed by atoms with Gasteiger partial charge >= 0.3 is 6.03 Å². The van der Waals surface area contributed by atoms with Crippen molar-refractivity contribution in [1.82, 2.24) is 10.6 Å². The van der Waals surface area contributed by atoms with E-state index < -0.39 is 10.8 Å². The second kappa shape index (κ2) is 7.59. The molecule has 0 heterocycles. The van der Waals surface area contributed by atoms with Crippen LogP contribution < -0.4 is 10.6 Å².